The lowest BCUT2D eigenvalue weighted by Gasteiger charge is -2.12. The van der Waals surface area contributed by atoms with Crippen LogP contribution in [0.25, 0.3) is 0 Å². The molecule has 0 fully saturated rings. The predicted octanol–water partition coefficient (Wildman–Crippen LogP) is 3.22. The van der Waals surface area contributed by atoms with Crippen molar-refractivity contribution in [2.24, 2.45) is 5.73 Å². The number of benzene rings is 1. The molecule has 0 radical (unpaired) electrons. The summed E-state index contributed by atoms with van der Waals surface area (Å²) in [7, 11) is 0. The summed E-state index contributed by atoms with van der Waals surface area (Å²) in [6.07, 6.45) is 0.764. The molecule has 1 aromatic carbocycles. The molecule has 3 N–H and O–H groups in total. The first-order valence-corrected chi connectivity index (χ1v) is 5.16. The first-order valence-electron chi connectivity index (χ1n) is 3.99. The molecule has 0 unspecified atom stereocenters. The second-order valence-electron chi connectivity index (χ2n) is 2.84. The molecule has 4 heteroatoms. The monoisotopic (exact) mass is 263 g/mol. The zero-order valence-electron chi connectivity index (χ0n) is 7.22. The highest BCUT2D eigenvalue weighted by molar-refractivity contribution is 9.10. The summed E-state index contributed by atoms with van der Waals surface area (Å²) in [6.45, 7) is 1.96. The van der Waals surface area contributed by atoms with Crippen LogP contribution in [-0.4, -0.2) is 5.11 Å². The smallest absolute Gasteiger partial charge is 0.134 e. The minimum atomic E-state index is -0.171. The zero-order valence-corrected chi connectivity index (χ0v) is 9.56. The van der Waals surface area contributed by atoms with Crippen LogP contribution in [0.15, 0.2) is 16.6 Å². The molecule has 0 aliphatic rings. The third-order valence-corrected chi connectivity index (χ3v) is 2.72. The molecule has 0 aromatic heterocycles. The summed E-state index contributed by atoms with van der Waals surface area (Å²) in [4.78, 5) is 0. The van der Waals surface area contributed by atoms with Gasteiger partial charge in [-0.05, 0) is 34.5 Å². The van der Waals surface area contributed by atoms with E-state index in [0.29, 0.717) is 15.1 Å². The van der Waals surface area contributed by atoms with Gasteiger partial charge in [-0.15, -0.1) is 0 Å². The van der Waals surface area contributed by atoms with E-state index in [1.807, 2.05) is 6.92 Å². The molecular weight excluding hydrogens is 253 g/mol. The third kappa shape index (κ3) is 2.36. The Morgan fingerprint density at radius 3 is 2.77 bits per heavy atom. The van der Waals surface area contributed by atoms with Crippen molar-refractivity contribution in [1.29, 1.82) is 0 Å². The van der Waals surface area contributed by atoms with Crippen LogP contribution in [0.5, 0.6) is 5.75 Å². The summed E-state index contributed by atoms with van der Waals surface area (Å²) in [6, 6.07) is 3.16. The Labute approximate surface area is 90.8 Å². The average molecular weight is 265 g/mol. The van der Waals surface area contributed by atoms with E-state index in [9.17, 15) is 5.11 Å². The van der Waals surface area contributed by atoms with Crippen molar-refractivity contribution < 1.29 is 5.11 Å². The van der Waals surface area contributed by atoms with Gasteiger partial charge in [-0.25, -0.2) is 0 Å². The van der Waals surface area contributed by atoms with E-state index in [1.54, 1.807) is 12.1 Å². The van der Waals surface area contributed by atoms with E-state index in [2.05, 4.69) is 15.9 Å². The Morgan fingerprint density at radius 1 is 1.62 bits per heavy atom. The maximum Gasteiger partial charge on any atom is 0.134 e. The topological polar surface area (TPSA) is 46.2 Å². The summed E-state index contributed by atoms with van der Waals surface area (Å²) < 4.78 is 0.582. The lowest BCUT2D eigenvalue weighted by Crippen LogP contribution is -2.08. The number of aromatic hydroxyl groups is 1. The minimum absolute atomic E-state index is 0.171. The predicted molar refractivity (Wildman–Crippen MR) is 58.0 cm³/mol. The lowest BCUT2D eigenvalue weighted by molar-refractivity contribution is 0.457. The highest BCUT2D eigenvalue weighted by Crippen LogP contribution is 2.35. The first-order chi connectivity index (χ1) is 6.06. The Hall–Kier alpha value is -0.250. The van der Waals surface area contributed by atoms with Gasteiger partial charge in [0, 0.05) is 16.6 Å². The van der Waals surface area contributed by atoms with Crippen molar-refractivity contribution in [2.75, 3.05) is 0 Å². The highest BCUT2D eigenvalue weighted by atomic mass is 79.9. The van der Waals surface area contributed by atoms with Gasteiger partial charge in [0.2, 0.25) is 0 Å². The SMILES string of the molecule is CC[C@H](N)c1cc(Cl)cc(Br)c1O. The molecule has 0 spiro atoms. The van der Waals surface area contributed by atoms with Crippen LogP contribution in [0, 0.1) is 0 Å². The number of phenolic OH excluding ortho intramolecular Hbond substituents is 1. The third-order valence-electron chi connectivity index (χ3n) is 1.90. The highest BCUT2D eigenvalue weighted by Gasteiger charge is 2.12. The van der Waals surface area contributed by atoms with Crippen molar-refractivity contribution in [1.82, 2.24) is 0 Å². The van der Waals surface area contributed by atoms with Crippen molar-refractivity contribution in [2.45, 2.75) is 19.4 Å². The molecule has 1 aromatic rings. The van der Waals surface area contributed by atoms with Crippen LogP contribution >= 0.6 is 27.5 Å². The summed E-state index contributed by atoms with van der Waals surface area (Å²) in [5, 5.41) is 10.2. The van der Waals surface area contributed by atoms with E-state index < -0.39 is 0 Å². The molecule has 72 valence electrons. The Morgan fingerprint density at radius 2 is 2.23 bits per heavy atom. The molecule has 2 nitrogen and oxygen atoms in total. The van der Waals surface area contributed by atoms with Crippen molar-refractivity contribution >= 4 is 27.5 Å². The fourth-order valence-corrected chi connectivity index (χ4v) is 1.92. The average Bonchev–Trinajstić information content (AvgIpc) is 2.10. The van der Waals surface area contributed by atoms with Gasteiger partial charge in [0.25, 0.3) is 0 Å². The Kier molecular flexibility index (Phi) is 3.59. The van der Waals surface area contributed by atoms with Crippen LogP contribution in [0.4, 0.5) is 0 Å². The van der Waals surface area contributed by atoms with Crippen molar-refractivity contribution in [3.8, 4) is 5.75 Å². The maximum absolute atomic E-state index is 9.64. The molecule has 0 amide bonds. The molecule has 13 heavy (non-hydrogen) atoms. The number of phenols is 1. The number of halogens is 2. The molecule has 1 atom stereocenters. The van der Waals surface area contributed by atoms with Crippen LogP contribution in [-0.2, 0) is 0 Å². The normalized spacial score (nSPS) is 12.9. The summed E-state index contributed by atoms with van der Waals surface area (Å²) in [5.41, 5.74) is 6.48. The lowest BCUT2D eigenvalue weighted by atomic mass is 10.0. The molecule has 0 aliphatic heterocycles. The standard InChI is InChI=1S/C9H11BrClNO/c1-2-8(12)6-3-5(11)4-7(10)9(6)13/h3-4,8,13H,2,12H2,1H3/t8-/m0/s1. The van der Waals surface area contributed by atoms with Gasteiger partial charge >= 0.3 is 0 Å². The maximum atomic E-state index is 9.64. The van der Waals surface area contributed by atoms with E-state index in [-0.39, 0.29) is 11.8 Å². The molecule has 0 saturated carbocycles. The van der Waals surface area contributed by atoms with Gasteiger partial charge in [-0.3, -0.25) is 0 Å². The van der Waals surface area contributed by atoms with Crippen LogP contribution in [0.3, 0.4) is 0 Å². The summed E-state index contributed by atoms with van der Waals surface area (Å²) >= 11 is 9.03. The van der Waals surface area contributed by atoms with E-state index >= 15 is 0 Å². The molecule has 0 saturated heterocycles. The fraction of sp³-hybridized carbons (Fsp3) is 0.333. The van der Waals surface area contributed by atoms with Crippen molar-refractivity contribution in [3.63, 3.8) is 0 Å². The van der Waals surface area contributed by atoms with Gasteiger partial charge in [-0.2, -0.15) is 0 Å². The second-order valence-corrected chi connectivity index (χ2v) is 4.13. The van der Waals surface area contributed by atoms with Crippen molar-refractivity contribution in [3.05, 3.63) is 27.2 Å². The van der Waals surface area contributed by atoms with E-state index in [0.717, 1.165) is 6.42 Å². The summed E-state index contributed by atoms with van der Waals surface area (Å²) in [5.74, 6) is 0.179. The van der Waals surface area contributed by atoms with Gasteiger partial charge in [0.05, 0.1) is 4.47 Å². The number of hydrogen-bond donors (Lipinski definition) is 2. The fourth-order valence-electron chi connectivity index (χ4n) is 1.09. The largest absolute Gasteiger partial charge is 0.506 e. The van der Waals surface area contributed by atoms with E-state index in [4.69, 9.17) is 17.3 Å². The molecule has 0 bridgehead atoms. The van der Waals surface area contributed by atoms with Gasteiger partial charge in [-0.1, -0.05) is 18.5 Å². The number of hydrogen-bond acceptors (Lipinski definition) is 2. The quantitative estimate of drug-likeness (QED) is 0.861. The van der Waals surface area contributed by atoms with E-state index in [1.165, 1.54) is 0 Å². The molecular formula is C9H11BrClNO. The van der Waals surface area contributed by atoms with Crippen LogP contribution < -0.4 is 5.73 Å². The van der Waals surface area contributed by atoms with Gasteiger partial charge in [0.1, 0.15) is 5.75 Å². The molecule has 0 heterocycles. The Balaban J connectivity index is 3.20. The Bertz CT molecular complexity index is 317. The van der Waals surface area contributed by atoms with Crippen LogP contribution in [0.1, 0.15) is 24.9 Å². The second kappa shape index (κ2) is 4.31. The molecule has 1 rings (SSSR count). The number of nitrogens with two attached hydrogens (primary N) is 1. The minimum Gasteiger partial charge on any atom is -0.506 e. The zero-order chi connectivity index (χ0) is 10.0. The van der Waals surface area contributed by atoms with Gasteiger partial charge < -0.3 is 10.8 Å². The first kappa shape index (κ1) is 10.8. The van der Waals surface area contributed by atoms with Crippen LogP contribution in [0.2, 0.25) is 5.02 Å². The van der Waals surface area contributed by atoms with Gasteiger partial charge in [0.15, 0.2) is 0 Å². The number of rotatable bonds is 2. The molecule has 0 aliphatic carbocycles.